The Morgan fingerprint density at radius 1 is 1.30 bits per heavy atom. The molecule has 3 rings (SSSR count). The summed E-state index contributed by atoms with van der Waals surface area (Å²) in [4.78, 5) is 17.3. The second-order valence-corrected chi connectivity index (χ2v) is 6.18. The van der Waals surface area contributed by atoms with E-state index >= 15 is 0 Å². The van der Waals surface area contributed by atoms with Crippen LogP contribution in [0.4, 0.5) is 0 Å². The number of pyridine rings is 1. The van der Waals surface area contributed by atoms with Crippen LogP contribution in [0.1, 0.15) is 48.2 Å². The van der Waals surface area contributed by atoms with Gasteiger partial charge in [-0.05, 0) is 48.9 Å². The van der Waals surface area contributed by atoms with E-state index in [0.29, 0.717) is 0 Å². The molecule has 2 heterocycles. The Balaban J connectivity index is 1.63. The molecule has 0 aromatic carbocycles. The first-order valence-corrected chi connectivity index (χ1v) is 7.63. The van der Waals surface area contributed by atoms with Gasteiger partial charge in [-0.1, -0.05) is 19.3 Å². The minimum Gasteiger partial charge on any atom is -0.477 e. The highest BCUT2D eigenvalue weighted by atomic mass is 16.4. The number of carboxylic acids is 1. The van der Waals surface area contributed by atoms with E-state index in [0.717, 1.165) is 30.5 Å². The average Bonchev–Trinajstić information content (AvgIpc) is 2.47. The van der Waals surface area contributed by atoms with Gasteiger partial charge in [0.1, 0.15) is 5.69 Å². The van der Waals surface area contributed by atoms with Gasteiger partial charge in [-0.2, -0.15) is 0 Å². The lowest BCUT2D eigenvalue weighted by Gasteiger charge is -2.41. The molecule has 2 aliphatic rings. The number of nitrogens with zero attached hydrogens (tertiary/aromatic N) is 2. The molecule has 0 spiro atoms. The van der Waals surface area contributed by atoms with E-state index in [1.165, 1.54) is 38.6 Å². The number of likely N-dealkylation sites (tertiary alicyclic amines) is 1. The summed E-state index contributed by atoms with van der Waals surface area (Å²) >= 11 is 0. The lowest BCUT2D eigenvalue weighted by Crippen LogP contribution is -2.41. The van der Waals surface area contributed by atoms with Crippen molar-refractivity contribution in [3.8, 4) is 0 Å². The molecule has 1 N–H and O–H groups in total. The van der Waals surface area contributed by atoms with Gasteiger partial charge >= 0.3 is 5.97 Å². The van der Waals surface area contributed by atoms with E-state index in [2.05, 4.69) is 9.88 Å². The number of aromatic carboxylic acids is 1. The van der Waals surface area contributed by atoms with E-state index in [4.69, 9.17) is 5.11 Å². The highest BCUT2D eigenvalue weighted by Gasteiger charge is 2.30. The van der Waals surface area contributed by atoms with Crippen LogP contribution in [-0.4, -0.2) is 34.0 Å². The van der Waals surface area contributed by atoms with E-state index in [9.17, 15) is 4.79 Å². The highest BCUT2D eigenvalue weighted by Crippen LogP contribution is 2.36. The minimum absolute atomic E-state index is 0.148. The zero-order chi connectivity index (χ0) is 13.9. The monoisotopic (exact) mass is 274 g/mol. The van der Waals surface area contributed by atoms with Crippen LogP contribution in [0, 0.1) is 11.8 Å². The molecule has 108 valence electrons. The van der Waals surface area contributed by atoms with Crippen molar-refractivity contribution in [2.45, 2.75) is 38.6 Å². The lowest BCUT2D eigenvalue weighted by molar-refractivity contribution is 0.0689. The normalized spacial score (nSPS) is 27.0. The average molecular weight is 274 g/mol. The topological polar surface area (TPSA) is 53.4 Å². The first kappa shape index (κ1) is 13.6. The number of carboxylic acid groups (broad SMARTS) is 1. The van der Waals surface area contributed by atoms with Crippen LogP contribution < -0.4 is 0 Å². The first-order chi connectivity index (χ1) is 9.72. The van der Waals surface area contributed by atoms with Gasteiger partial charge < -0.3 is 5.11 Å². The van der Waals surface area contributed by atoms with Crippen molar-refractivity contribution < 1.29 is 9.90 Å². The zero-order valence-electron chi connectivity index (χ0n) is 11.8. The van der Waals surface area contributed by atoms with E-state index in [1.807, 2.05) is 6.07 Å². The van der Waals surface area contributed by atoms with Crippen molar-refractivity contribution >= 4 is 5.97 Å². The summed E-state index contributed by atoms with van der Waals surface area (Å²) in [6.07, 6.45) is 8.49. The highest BCUT2D eigenvalue weighted by molar-refractivity contribution is 5.85. The summed E-state index contributed by atoms with van der Waals surface area (Å²) in [6, 6.07) is 3.63. The van der Waals surface area contributed by atoms with Gasteiger partial charge in [0.15, 0.2) is 0 Å². The number of hydrogen-bond acceptors (Lipinski definition) is 3. The lowest BCUT2D eigenvalue weighted by atomic mass is 9.75. The second-order valence-electron chi connectivity index (χ2n) is 6.18. The van der Waals surface area contributed by atoms with Crippen molar-refractivity contribution in [2.24, 2.45) is 11.8 Å². The Morgan fingerprint density at radius 3 is 2.90 bits per heavy atom. The fraction of sp³-hybridized carbons (Fsp3) is 0.625. The molecule has 1 saturated carbocycles. The summed E-state index contributed by atoms with van der Waals surface area (Å²) < 4.78 is 0. The number of hydrogen-bond donors (Lipinski definition) is 1. The van der Waals surface area contributed by atoms with E-state index < -0.39 is 5.97 Å². The smallest absolute Gasteiger partial charge is 0.354 e. The third kappa shape index (κ3) is 3.01. The Hall–Kier alpha value is -1.42. The number of aromatic nitrogens is 1. The molecule has 1 aliphatic carbocycles. The molecule has 1 aromatic rings. The van der Waals surface area contributed by atoms with Gasteiger partial charge in [0.05, 0.1) is 0 Å². The molecule has 4 nitrogen and oxygen atoms in total. The Morgan fingerprint density at radius 2 is 2.10 bits per heavy atom. The predicted octanol–water partition coefficient (Wildman–Crippen LogP) is 2.79. The molecule has 2 fully saturated rings. The van der Waals surface area contributed by atoms with Crippen LogP contribution in [0.25, 0.3) is 0 Å². The Labute approximate surface area is 119 Å². The summed E-state index contributed by atoms with van der Waals surface area (Å²) in [5, 5.41) is 8.99. The predicted molar refractivity (Wildman–Crippen MR) is 76.5 cm³/mol. The van der Waals surface area contributed by atoms with Gasteiger partial charge in [-0.15, -0.1) is 0 Å². The number of rotatable bonds is 3. The maximum absolute atomic E-state index is 11.0. The molecule has 0 radical (unpaired) electrons. The molecule has 1 aromatic heterocycles. The molecular weight excluding hydrogens is 252 g/mol. The molecule has 2 atom stereocenters. The summed E-state index contributed by atoms with van der Waals surface area (Å²) in [5.41, 5.74) is 1.21. The van der Waals surface area contributed by atoms with E-state index in [1.54, 1.807) is 12.3 Å². The van der Waals surface area contributed by atoms with Crippen molar-refractivity contribution in [2.75, 3.05) is 13.1 Å². The van der Waals surface area contributed by atoms with Gasteiger partial charge in [0, 0.05) is 19.3 Å². The third-order valence-electron chi connectivity index (χ3n) is 4.82. The van der Waals surface area contributed by atoms with Gasteiger partial charge in [0.25, 0.3) is 0 Å². The third-order valence-corrected chi connectivity index (χ3v) is 4.82. The SMILES string of the molecule is O=C(O)c1cc(CN2CCC3CCCCC3C2)ccn1. The van der Waals surface area contributed by atoms with Crippen molar-refractivity contribution in [3.63, 3.8) is 0 Å². The van der Waals surface area contributed by atoms with Gasteiger partial charge in [-0.25, -0.2) is 9.78 Å². The van der Waals surface area contributed by atoms with Crippen molar-refractivity contribution in [3.05, 3.63) is 29.6 Å². The van der Waals surface area contributed by atoms with Crippen LogP contribution >= 0.6 is 0 Å². The van der Waals surface area contributed by atoms with E-state index in [-0.39, 0.29) is 5.69 Å². The summed E-state index contributed by atoms with van der Waals surface area (Å²) in [7, 11) is 0. The molecule has 1 aliphatic heterocycles. The van der Waals surface area contributed by atoms with Crippen molar-refractivity contribution in [1.82, 2.24) is 9.88 Å². The fourth-order valence-electron chi connectivity index (χ4n) is 3.77. The van der Waals surface area contributed by atoms with Crippen molar-refractivity contribution in [1.29, 1.82) is 0 Å². The maximum Gasteiger partial charge on any atom is 0.354 e. The standard InChI is InChI=1S/C16H22N2O2/c19-16(20)15-9-12(5-7-17-15)10-18-8-6-13-3-1-2-4-14(13)11-18/h5,7,9,13-14H,1-4,6,8,10-11H2,(H,19,20). The first-order valence-electron chi connectivity index (χ1n) is 7.63. The van der Waals surface area contributed by atoms with Gasteiger partial charge in [0.2, 0.25) is 0 Å². The zero-order valence-corrected chi connectivity index (χ0v) is 11.8. The molecule has 4 heteroatoms. The largest absolute Gasteiger partial charge is 0.477 e. The molecule has 0 bridgehead atoms. The van der Waals surface area contributed by atoms with Gasteiger partial charge in [-0.3, -0.25) is 4.90 Å². The number of fused-ring (bicyclic) bond motifs is 1. The molecule has 2 unspecified atom stereocenters. The summed E-state index contributed by atoms with van der Waals surface area (Å²) in [5.74, 6) is 0.850. The Kier molecular flexibility index (Phi) is 4.01. The minimum atomic E-state index is -0.946. The molecule has 0 amide bonds. The summed E-state index contributed by atoms with van der Waals surface area (Å²) in [6.45, 7) is 3.17. The molecule has 1 saturated heterocycles. The van der Waals surface area contributed by atoms with Crippen LogP contribution in [0.15, 0.2) is 18.3 Å². The number of piperidine rings is 1. The van der Waals surface area contributed by atoms with Crippen LogP contribution in [-0.2, 0) is 6.54 Å². The quantitative estimate of drug-likeness (QED) is 0.921. The molecular formula is C16H22N2O2. The Bertz CT molecular complexity index is 489. The second kappa shape index (κ2) is 5.92. The van der Waals surface area contributed by atoms with Crippen LogP contribution in [0.3, 0.4) is 0 Å². The maximum atomic E-state index is 11.0. The fourth-order valence-corrected chi connectivity index (χ4v) is 3.77. The number of carbonyl (C=O) groups is 1. The van der Waals surface area contributed by atoms with Crippen LogP contribution in [0.2, 0.25) is 0 Å². The molecule has 20 heavy (non-hydrogen) atoms. The van der Waals surface area contributed by atoms with Crippen LogP contribution in [0.5, 0.6) is 0 Å².